The molecule has 0 amide bonds. The summed E-state index contributed by atoms with van der Waals surface area (Å²) < 4.78 is 0. The fourth-order valence-electron chi connectivity index (χ4n) is 3.95. The molecule has 0 bridgehead atoms. The zero-order valence-corrected chi connectivity index (χ0v) is 17.8. The number of hydrogen-bond donors (Lipinski definition) is 0. The van der Waals surface area contributed by atoms with Gasteiger partial charge in [0, 0.05) is 25.0 Å². The monoisotopic (exact) mass is 350 g/mol. The standard InChI is InChI=1S/C23H46N2/c1-5-7-9-11-13-14-16-18-23-24(20-21-25(23)22(3)4)19-17-15-12-10-8-6-2/h20-23H,5-19H2,1-4H3. The van der Waals surface area contributed by atoms with Gasteiger partial charge in [0.25, 0.3) is 0 Å². The van der Waals surface area contributed by atoms with Gasteiger partial charge < -0.3 is 9.80 Å². The van der Waals surface area contributed by atoms with Gasteiger partial charge in [0.15, 0.2) is 0 Å². The van der Waals surface area contributed by atoms with E-state index in [4.69, 9.17) is 0 Å². The third kappa shape index (κ3) is 9.56. The Bertz CT molecular complexity index is 324. The Labute approximate surface area is 159 Å². The third-order valence-corrected chi connectivity index (χ3v) is 5.59. The van der Waals surface area contributed by atoms with E-state index in [0.717, 1.165) is 0 Å². The summed E-state index contributed by atoms with van der Waals surface area (Å²) in [5.41, 5.74) is 0. The SMILES string of the molecule is CCCCCCCCCC1N(CCCCCCCC)C=CN1C(C)C. The molecule has 0 aliphatic carbocycles. The molecule has 0 aromatic rings. The van der Waals surface area contributed by atoms with Crippen LogP contribution in [0.2, 0.25) is 0 Å². The van der Waals surface area contributed by atoms with Crippen LogP contribution in [0.25, 0.3) is 0 Å². The molecule has 1 aliphatic heterocycles. The highest BCUT2D eigenvalue weighted by molar-refractivity contribution is 4.98. The highest BCUT2D eigenvalue weighted by Gasteiger charge is 2.26. The molecule has 2 heteroatoms. The Balaban J connectivity index is 2.24. The van der Waals surface area contributed by atoms with E-state index in [0.29, 0.717) is 12.2 Å². The Morgan fingerprint density at radius 3 is 1.76 bits per heavy atom. The normalized spacial score (nSPS) is 17.2. The molecule has 1 heterocycles. The summed E-state index contributed by atoms with van der Waals surface area (Å²) >= 11 is 0. The lowest BCUT2D eigenvalue weighted by Gasteiger charge is -2.35. The molecule has 2 nitrogen and oxygen atoms in total. The Morgan fingerprint density at radius 2 is 1.20 bits per heavy atom. The van der Waals surface area contributed by atoms with Crippen LogP contribution in [-0.2, 0) is 0 Å². The van der Waals surface area contributed by atoms with Crippen LogP contribution in [-0.4, -0.2) is 28.6 Å². The number of unbranched alkanes of at least 4 members (excludes halogenated alkanes) is 11. The van der Waals surface area contributed by atoms with Gasteiger partial charge in [-0.1, -0.05) is 84.5 Å². The van der Waals surface area contributed by atoms with Crippen molar-refractivity contribution in [2.24, 2.45) is 0 Å². The maximum absolute atomic E-state index is 2.62. The average molecular weight is 351 g/mol. The summed E-state index contributed by atoms with van der Waals surface area (Å²) in [6.07, 6.45) is 24.9. The van der Waals surface area contributed by atoms with Crippen molar-refractivity contribution in [3.05, 3.63) is 12.4 Å². The van der Waals surface area contributed by atoms with Crippen molar-refractivity contribution in [1.29, 1.82) is 0 Å². The fraction of sp³-hybridized carbons (Fsp3) is 0.913. The van der Waals surface area contributed by atoms with Gasteiger partial charge in [-0.3, -0.25) is 0 Å². The maximum Gasteiger partial charge on any atom is 0.101 e. The lowest BCUT2D eigenvalue weighted by molar-refractivity contribution is 0.114. The van der Waals surface area contributed by atoms with Crippen molar-refractivity contribution < 1.29 is 0 Å². The highest BCUT2D eigenvalue weighted by atomic mass is 15.4. The van der Waals surface area contributed by atoms with Gasteiger partial charge in [-0.15, -0.1) is 0 Å². The van der Waals surface area contributed by atoms with Crippen molar-refractivity contribution in [2.45, 2.75) is 130 Å². The van der Waals surface area contributed by atoms with E-state index >= 15 is 0 Å². The molecule has 1 aliphatic rings. The van der Waals surface area contributed by atoms with Crippen molar-refractivity contribution in [3.63, 3.8) is 0 Å². The minimum Gasteiger partial charge on any atom is -0.356 e. The molecule has 0 fully saturated rings. The first-order valence-corrected chi connectivity index (χ1v) is 11.4. The first kappa shape index (κ1) is 22.4. The second-order valence-corrected chi connectivity index (χ2v) is 8.24. The second kappa shape index (κ2) is 14.5. The quantitative estimate of drug-likeness (QED) is 0.269. The van der Waals surface area contributed by atoms with Crippen molar-refractivity contribution in [1.82, 2.24) is 9.80 Å². The van der Waals surface area contributed by atoms with E-state index in [9.17, 15) is 0 Å². The van der Waals surface area contributed by atoms with E-state index < -0.39 is 0 Å². The molecule has 1 unspecified atom stereocenters. The fourth-order valence-corrected chi connectivity index (χ4v) is 3.95. The summed E-state index contributed by atoms with van der Waals surface area (Å²) in [4.78, 5) is 5.20. The van der Waals surface area contributed by atoms with Crippen LogP contribution >= 0.6 is 0 Å². The minimum absolute atomic E-state index is 0.611. The predicted molar refractivity (Wildman–Crippen MR) is 113 cm³/mol. The molecule has 1 rings (SSSR count). The van der Waals surface area contributed by atoms with Crippen LogP contribution in [0.4, 0.5) is 0 Å². The molecule has 1 atom stereocenters. The first-order valence-electron chi connectivity index (χ1n) is 11.4. The van der Waals surface area contributed by atoms with Crippen LogP contribution in [0.5, 0.6) is 0 Å². The van der Waals surface area contributed by atoms with Crippen LogP contribution in [0.1, 0.15) is 118 Å². The average Bonchev–Trinajstić information content (AvgIpc) is 3.00. The van der Waals surface area contributed by atoms with Crippen molar-refractivity contribution >= 4 is 0 Å². The van der Waals surface area contributed by atoms with Crippen molar-refractivity contribution in [2.75, 3.05) is 6.54 Å². The van der Waals surface area contributed by atoms with E-state index in [1.165, 1.54) is 96.4 Å². The summed E-state index contributed by atoms with van der Waals surface area (Å²) in [7, 11) is 0. The predicted octanol–water partition coefficient (Wildman–Crippen LogP) is 7.31. The number of nitrogens with zero attached hydrogens (tertiary/aromatic N) is 2. The molecule has 0 aromatic carbocycles. The molecule has 0 saturated heterocycles. The van der Waals surface area contributed by atoms with E-state index in [-0.39, 0.29) is 0 Å². The molecular formula is C23H46N2. The smallest absolute Gasteiger partial charge is 0.101 e. The molecular weight excluding hydrogens is 304 g/mol. The number of rotatable bonds is 16. The molecule has 0 saturated carbocycles. The van der Waals surface area contributed by atoms with E-state index in [1.54, 1.807) is 0 Å². The summed E-state index contributed by atoms with van der Waals surface area (Å²) in [5.74, 6) is 0. The zero-order chi connectivity index (χ0) is 18.3. The Kier molecular flexibility index (Phi) is 13.0. The second-order valence-electron chi connectivity index (χ2n) is 8.24. The molecule has 148 valence electrons. The summed E-state index contributed by atoms with van der Waals surface area (Å²) in [6, 6.07) is 0.611. The first-order chi connectivity index (χ1) is 12.2. The highest BCUT2D eigenvalue weighted by Crippen LogP contribution is 2.24. The summed E-state index contributed by atoms with van der Waals surface area (Å²) in [5, 5.41) is 0. The lowest BCUT2D eigenvalue weighted by atomic mass is 10.1. The van der Waals surface area contributed by atoms with Crippen LogP contribution in [0, 0.1) is 0 Å². The molecule has 0 radical (unpaired) electrons. The Morgan fingerprint density at radius 1 is 0.680 bits per heavy atom. The van der Waals surface area contributed by atoms with Gasteiger partial charge in [-0.25, -0.2) is 0 Å². The lowest BCUT2D eigenvalue weighted by Crippen LogP contribution is -2.42. The van der Waals surface area contributed by atoms with Gasteiger partial charge in [0.1, 0.15) is 6.17 Å². The van der Waals surface area contributed by atoms with Gasteiger partial charge in [-0.2, -0.15) is 0 Å². The third-order valence-electron chi connectivity index (χ3n) is 5.59. The van der Waals surface area contributed by atoms with Gasteiger partial charge in [0.2, 0.25) is 0 Å². The van der Waals surface area contributed by atoms with Crippen LogP contribution < -0.4 is 0 Å². The number of hydrogen-bond acceptors (Lipinski definition) is 2. The van der Waals surface area contributed by atoms with E-state index in [1.807, 2.05) is 0 Å². The van der Waals surface area contributed by atoms with Gasteiger partial charge >= 0.3 is 0 Å². The van der Waals surface area contributed by atoms with Crippen LogP contribution in [0.3, 0.4) is 0 Å². The maximum atomic E-state index is 2.62. The minimum atomic E-state index is 0.611. The molecule has 0 N–H and O–H groups in total. The zero-order valence-electron chi connectivity index (χ0n) is 17.8. The van der Waals surface area contributed by atoms with E-state index in [2.05, 4.69) is 49.9 Å². The topological polar surface area (TPSA) is 6.48 Å². The van der Waals surface area contributed by atoms with Gasteiger partial charge in [-0.05, 0) is 33.1 Å². The van der Waals surface area contributed by atoms with Crippen molar-refractivity contribution in [3.8, 4) is 0 Å². The van der Waals surface area contributed by atoms with Gasteiger partial charge in [0.05, 0.1) is 0 Å². The van der Waals surface area contributed by atoms with Crippen LogP contribution in [0.15, 0.2) is 12.4 Å². The molecule has 0 aromatic heterocycles. The Hall–Kier alpha value is -0.660. The summed E-state index contributed by atoms with van der Waals surface area (Å²) in [6.45, 7) is 10.5. The largest absolute Gasteiger partial charge is 0.356 e. The molecule has 0 spiro atoms. The molecule has 25 heavy (non-hydrogen) atoms.